The van der Waals surface area contributed by atoms with Crippen molar-refractivity contribution in [1.82, 2.24) is 0 Å². The average molecular weight is 185 g/mol. The molecule has 1 aromatic rings. The molecule has 1 rings (SSSR count). The van der Waals surface area contributed by atoms with Crippen molar-refractivity contribution in [3.63, 3.8) is 0 Å². The molecule has 12 heavy (non-hydrogen) atoms. The SMILES string of the molecule is COC(CCl)c1ccc(C)cc1. The van der Waals surface area contributed by atoms with Gasteiger partial charge in [0, 0.05) is 7.11 Å². The molecule has 0 heterocycles. The van der Waals surface area contributed by atoms with Gasteiger partial charge in [-0.25, -0.2) is 0 Å². The Morgan fingerprint density at radius 2 is 1.92 bits per heavy atom. The Kier molecular flexibility index (Phi) is 3.57. The molecule has 0 spiro atoms. The standard InChI is InChI=1S/C10H13ClO/c1-8-3-5-9(6-4-8)10(7-11)12-2/h3-6,10H,7H2,1-2H3. The van der Waals surface area contributed by atoms with E-state index >= 15 is 0 Å². The lowest BCUT2D eigenvalue weighted by atomic mass is 10.1. The van der Waals surface area contributed by atoms with Crippen LogP contribution in [0.1, 0.15) is 17.2 Å². The van der Waals surface area contributed by atoms with E-state index in [0.717, 1.165) is 5.56 Å². The van der Waals surface area contributed by atoms with Crippen LogP contribution in [0.5, 0.6) is 0 Å². The topological polar surface area (TPSA) is 9.23 Å². The van der Waals surface area contributed by atoms with Gasteiger partial charge in [0.2, 0.25) is 0 Å². The van der Waals surface area contributed by atoms with Gasteiger partial charge in [-0.1, -0.05) is 29.8 Å². The van der Waals surface area contributed by atoms with Crippen LogP contribution in [-0.4, -0.2) is 13.0 Å². The second-order valence-corrected chi connectivity index (χ2v) is 3.10. The van der Waals surface area contributed by atoms with Crippen molar-refractivity contribution >= 4 is 11.6 Å². The zero-order valence-corrected chi connectivity index (χ0v) is 8.14. The molecule has 1 unspecified atom stereocenters. The number of hydrogen-bond donors (Lipinski definition) is 0. The molecule has 0 amide bonds. The minimum Gasteiger partial charge on any atom is -0.376 e. The first-order valence-corrected chi connectivity index (χ1v) is 4.46. The van der Waals surface area contributed by atoms with E-state index in [4.69, 9.17) is 16.3 Å². The number of methoxy groups -OCH3 is 1. The molecule has 0 N–H and O–H groups in total. The normalized spacial score (nSPS) is 12.9. The molecule has 0 saturated carbocycles. The van der Waals surface area contributed by atoms with Crippen LogP contribution in [0.4, 0.5) is 0 Å². The van der Waals surface area contributed by atoms with Gasteiger partial charge in [-0.15, -0.1) is 11.6 Å². The number of halogens is 1. The van der Waals surface area contributed by atoms with E-state index in [9.17, 15) is 0 Å². The van der Waals surface area contributed by atoms with E-state index < -0.39 is 0 Å². The van der Waals surface area contributed by atoms with Crippen LogP contribution in [0.2, 0.25) is 0 Å². The summed E-state index contributed by atoms with van der Waals surface area (Å²) < 4.78 is 5.19. The van der Waals surface area contributed by atoms with Gasteiger partial charge < -0.3 is 4.74 Å². The Hall–Kier alpha value is -0.530. The number of hydrogen-bond acceptors (Lipinski definition) is 1. The summed E-state index contributed by atoms with van der Waals surface area (Å²) in [4.78, 5) is 0. The Morgan fingerprint density at radius 3 is 2.33 bits per heavy atom. The lowest BCUT2D eigenvalue weighted by Crippen LogP contribution is -2.02. The smallest absolute Gasteiger partial charge is 0.0956 e. The number of ether oxygens (including phenoxy) is 1. The largest absolute Gasteiger partial charge is 0.376 e. The molecule has 0 aliphatic carbocycles. The van der Waals surface area contributed by atoms with Crippen LogP contribution in [0.25, 0.3) is 0 Å². The maximum absolute atomic E-state index is 5.72. The molecule has 66 valence electrons. The van der Waals surface area contributed by atoms with Crippen molar-refractivity contribution in [2.45, 2.75) is 13.0 Å². The van der Waals surface area contributed by atoms with Crippen molar-refractivity contribution in [2.75, 3.05) is 13.0 Å². The predicted molar refractivity (Wildman–Crippen MR) is 51.6 cm³/mol. The molecular formula is C10H13ClO. The molecule has 0 aliphatic heterocycles. The van der Waals surface area contributed by atoms with Crippen LogP contribution >= 0.6 is 11.6 Å². The Balaban J connectivity index is 2.80. The van der Waals surface area contributed by atoms with Gasteiger partial charge in [0.15, 0.2) is 0 Å². The lowest BCUT2D eigenvalue weighted by molar-refractivity contribution is 0.122. The Morgan fingerprint density at radius 1 is 1.33 bits per heavy atom. The predicted octanol–water partition coefficient (Wildman–Crippen LogP) is 2.92. The summed E-state index contributed by atoms with van der Waals surface area (Å²) in [6.07, 6.45) is 0.0206. The molecule has 1 nitrogen and oxygen atoms in total. The summed E-state index contributed by atoms with van der Waals surface area (Å²) in [5.74, 6) is 0.500. The van der Waals surface area contributed by atoms with E-state index in [2.05, 4.69) is 19.1 Å². The van der Waals surface area contributed by atoms with Crippen LogP contribution < -0.4 is 0 Å². The quantitative estimate of drug-likeness (QED) is 0.657. The number of rotatable bonds is 3. The minimum atomic E-state index is 0.0206. The van der Waals surface area contributed by atoms with Crippen molar-refractivity contribution in [3.05, 3.63) is 35.4 Å². The summed E-state index contributed by atoms with van der Waals surface area (Å²) in [7, 11) is 1.67. The minimum absolute atomic E-state index is 0.0206. The first kappa shape index (κ1) is 9.56. The summed E-state index contributed by atoms with van der Waals surface area (Å²) >= 11 is 5.72. The lowest BCUT2D eigenvalue weighted by Gasteiger charge is -2.11. The zero-order chi connectivity index (χ0) is 8.97. The highest BCUT2D eigenvalue weighted by Gasteiger charge is 2.07. The van der Waals surface area contributed by atoms with Gasteiger partial charge >= 0.3 is 0 Å². The van der Waals surface area contributed by atoms with E-state index in [0.29, 0.717) is 5.88 Å². The fraction of sp³-hybridized carbons (Fsp3) is 0.400. The van der Waals surface area contributed by atoms with Crippen molar-refractivity contribution in [2.24, 2.45) is 0 Å². The van der Waals surface area contributed by atoms with E-state index in [1.54, 1.807) is 7.11 Å². The van der Waals surface area contributed by atoms with Crippen LogP contribution in [0.15, 0.2) is 24.3 Å². The second-order valence-electron chi connectivity index (χ2n) is 2.79. The summed E-state index contributed by atoms with van der Waals surface area (Å²) in [5, 5.41) is 0. The first-order chi connectivity index (χ1) is 5.77. The molecule has 0 fully saturated rings. The third-order valence-electron chi connectivity index (χ3n) is 1.87. The van der Waals surface area contributed by atoms with Gasteiger partial charge in [-0.2, -0.15) is 0 Å². The molecular weight excluding hydrogens is 172 g/mol. The third-order valence-corrected chi connectivity index (χ3v) is 2.15. The summed E-state index contributed by atoms with van der Waals surface area (Å²) in [6, 6.07) is 8.22. The monoisotopic (exact) mass is 184 g/mol. The van der Waals surface area contributed by atoms with Crippen LogP contribution in [0.3, 0.4) is 0 Å². The Labute approximate surface area is 78.3 Å². The van der Waals surface area contributed by atoms with Gasteiger partial charge in [-0.3, -0.25) is 0 Å². The van der Waals surface area contributed by atoms with Gasteiger partial charge in [0.1, 0.15) is 0 Å². The number of benzene rings is 1. The van der Waals surface area contributed by atoms with Gasteiger partial charge in [0.25, 0.3) is 0 Å². The molecule has 1 atom stereocenters. The maximum atomic E-state index is 5.72. The molecule has 0 aliphatic rings. The van der Waals surface area contributed by atoms with E-state index in [-0.39, 0.29) is 6.10 Å². The molecule has 0 bridgehead atoms. The fourth-order valence-corrected chi connectivity index (χ4v) is 1.37. The fourth-order valence-electron chi connectivity index (χ4n) is 1.07. The Bertz CT molecular complexity index is 226. The van der Waals surface area contributed by atoms with Gasteiger partial charge in [0.05, 0.1) is 12.0 Å². The average Bonchev–Trinajstić information content (AvgIpc) is 2.10. The third kappa shape index (κ3) is 2.23. The highest BCUT2D eigenvalue weighted by Crippen LogP contribution is 2.18. The highest BCUT2D eigenvalue weighted by molar-refractivity contribution is 6.18. The van der Waals surface area contributed by atoms with Gasteiger partial charge in [-0.05, 0) is 12.5 Å². The maximum Gasteiger partial charge on any atom is 0.0956 e. The van der Waals surface area contributed by atoms with Crippen LogP contribution in [0, 0.1) is 6.92 Å². The van der Waals surface area contributed by atoms with E-state index in [1.165, 1.54) is 5.56 Å². The van der Waals surface area contributed by atoms with Crippen molar-refractivity contribution in [3.8, 4) is 0 Å². The highest BCUT2D eigenvalue weighted by atomic mass is 35.5. The molecule has 2 heteroatoms. The second kappa shape index (κ2) is 4.48. The molecule has 0 aromatic heterocycles. The number of alkyl halides is 1. The zero-order valence-electron chi connectivity index (χ0n) is 7.38. The first-order valence-electron chi connectivity index (χ1n) is 3.93. The summed E-state index contributed by atoms with van der Waals surface area (Å²) in [5.41, 5.74) is 2.39. The summed E-state index contributed by atoms with van der Waals surface area (Å²) in [6.45, 7) is 2.06. The molecule has 0 saturated heterocycles. The number of aryl methyl sites for hydroxylation is 1. The van der Waals surface area contributed by atoms with E-state index in [1.807, 2.05) is 12.1 Å². The molecule has 1 aromatic carbocycles. The molecule has 0 radical (unpaired) electrons. The van der Waals surface area contributed by atoms with Crippen molar-refractivity contribution < 1.29 is 4.74 Å². The van der Waals surface area contributed by atoms with Crippen molar-refractivity contribution in [1.29, 1.82) is 0 Å². The van der Waals surface area contributed by atoms with Crippen LogP contribution in [-0.2, 0) is 4.74 Å².